The summed E-state index contributed by atoms with van der Waals surface area (Å²) in [6.45, 7) is 1.91. The van der Waals surface area contributed by atoms with Crippen LogP contribution in [0.25, 0.3) is 11.3 Å². The molecule has 1 aliphatic heterocycles. The van der Waals surface area contributed by atoms with Gasteiger partial charge in [-0.2, -0.15) is 4.99 Å². The van der Waals surface area contributed by atoms with Gasteiger partial charge in [-0.1, -0.05) is 24.9 Å². The second-order valence-corrected chi connectivity index (χ2v) is 9.17. The van der Waals surface area contributed by atoms with Crippen molar-refractivity contribution < 1.29 is 18.7 Å². The lowest BCUT2D eigenvalue weighted by Gasteiger charge is -2.22. The number of hydrogen-bond donors (Lipinski definition) is 3. The first-order valence-electron chi connectivity index (χ1n) is 12.0. The number of rotatable bonds is 10. The molecule has 0 saturated carbocycles. The van der Waals surface area contributed by atoms with Crippen LogP contribution in [0.3, 0.4) is 0 Å². The summed E-state index contributed by atoms with van der Waals surface area (Å²) in [5, 5.41) is 10.3. The zero-order valence-corrected chi connectivity index (χ0v) is 22.0. The standard InChI is InChI=1S/C26H26ClFN8O3/c1-3-4-20(14-5-16(28)8-17(6-14)39-2)33-23(37)13-36-12-21-18(25(36)38)7-15(10-31-21)24-19(27)11-32-26(35-24)34-22(30)9-29/h5-11,20,29H,3-4,12-13H2,1-2H3,(H,33,37)(H2,30,32,34,35)/t20-/m1/s1. The van der Waals surface area contributed by atoms with Gasteiger partial charge in [0.15, 0.2) is 0 Å². The molecular weight excluding hydrogens is 527 g/mol. The van der Waals surface area contributed by atoms with Crippen LogP contribution < -0.4 is 15.8 Å². The van der Waals surface area contributed by atoms with Crippen LogP contribution in [-0.2, 0) is 11.3 Å². The lowest BCUT2D eigenvalue weighted by molar-refractivity contribution is -0.122. The smallest absolute Gasteiger partial charge is 0.256 e. The van der Waals surface area contributed by atoms with E-state index in [4.69, 9.17) is 27.5 Å². The zero-order chi connectivity index (χ0) is 28.1. The van der Waals surface area contributed by atoms with Crippen molar-refractivity contribution in [1.82, 2.24) is 25.2 Å². The number of carbonyl (C=O) groups excluding carboxylic acids is 2. The number of nitrogens with one attached hydrogen (secondary N) is 2. The number of ether oxygens (including phenoxy) is 1. The lowest BCUT2D eigenvalue weighted by Crippen LogP contribution is -2.39. The number of hydrogen-bond acceptors (Lipinski definition) is 8. The summed E-state index contributed by atoms with van der Waals surface area (Å²) in [7, 11) is 1.45. The molecular formula is C26H26ClFN8O3. The Balaban J connectivity index is 1.50. The van der Waals surface area contributed by atoms with E-state index in [1.54, 1.807) is 12.1 Å². The molecule has 202 valence electrons. The molecule has 0 saturated heterocycles. The van der Waals surface area contributed by atoms with Gasteiger partial charge < -0.3 is 26.1 Å². The third kappa shape index (κ3) is 6.34. The second kappa shape index (κ2) is 11.9. The van der Waals surface area contributed by atoms with Gasteiger partial charge in [0.25, 0.3) is 11.9 Å². The van der Waals surface area contributed by atoms with Gasteiger partial charge in [0.2, 0.25) is 5.91 Å². The van der Waals surface area contributed by atoms with Crippen LogP contribution in [0.1, 0.15) is 47.4 Å². The summed E-state index contributed by atoms with van der Waals surface area (Å²) in [4.78, 5) is 44.1. The molecule has 2 amide bonds. The zero-order valence-electron chi connectivity index (χ0n) is 21.2. The molecule has 11 nitrogen and oxygen atoms in total. The van der Waals surface area contributed by atoms with Gasteiger partial charge >= 0.3 is 0 Å². The van der Waals surface area contributed by atoms with Gasteiger partial charge in [-0.25, -0.2) is 14.4 Å². The summed E-state index contributed by atoms with van der Waals surface area (Å²) < 4.78 is 19.2. The van der Waals surface area contributed by atoms with E-state index in [-0.39, 0.29) is 47.4 Å². The first kappa shape index (κ1) is 27.6. The molecule has 0 bridgehead atoms. The fraction of sp³-hybridized carbons (Fsp3) is 0.269. The van der Waals surface area contributed by atoms with Gasteiger partial charge in [0.05, 0.1) is 54.1 Å². The number of nitrogens with zero attached hydrogens (tertiary/aromatic N) is 5. The van der Waals surface area contributed by atoms with Crippen molar-refractivity contribution in [3.63, 3.8) is 0 Å². The maximum absolute atomic E-state index is 14.1. The molecule has 4 rings (SSSR count). The number of aliphatic imine (C=N–C) groups is 1. The highest BCUT2D eigenvalue weighted by Crippen LogP contribution is 2.31. The molecule has 13 heteroatoms. The first-order valence-corrected chi connectivity index (χ1v) is 12.4. The molecule has 0 aliphatic carbocycles. The van der Waals surface area contributed by atoms with E-state index in [0.717, 1.165) is 12.6 Å². The minimum Gasteiger partial charge on any atom is -0.497 e. The van der Waals surface area contributed by atoms with Gasteiger partial charge in [0.1, 0.15) is 23.9 Å². The molecule has 3 aromatic rings. The van der Waals surface area contributed by atoms with Crippen LogP contribution in [0.5, 0.6) is 5.75 Å². The van der Waals surface area contributed by atoms with Crippen LogP contribution >= 0.6 is 11.6 Å². The monoisotopic (exact) mass is 552 g/mol. The number of nitrogens with two attached hydrogens (primary N) is 1. The van der Waals surface area contributed by atoms with E-state index in [2.05, 4.69) is 25.3 Å². The van der Waals surface area contributed by atoms with Crippen molar-refractivity contribution >= 4 is 41.4 Å². The fourth-order valence-corrected chi connectivity index (χ4v) is 4.37. The molecule has 3 heterocycles. The summed E-state index contributed by atoms with van der Waals surface area (Å²) in [6, 6.07) is 5.46. The van der Waals surface area contributed by atoms with Crippen LogP contribution in [0, 0.1) is 11.2 Å². The summed E-state index contributed by atoms with van der Waals surface area (Å²) in [6.07, 6.45) is 5.04. The van der Waals surface area contributed by atoms with E-state index in [0.29, 0.717) is 34.6 Å². The maximum Gasteiger partial charge on any atom is 0.256 e. The average Bonchev–Trinajstić information content (AvgIpc) is 3.23. The normalized spacial score (nSPS) is 13.7. The Hall–Kier alpha value is -4.45. The third-order valence-corrected chi connectivity index (χ3v) is 6.27. The number of halogens is 2. The Kier molecular flexibility index (Phi) is 8.45. The molecule has 1 aromatic carbocycles. The molecule has 39 heavy (non-hydrogen) atoms. The van der Waals surface area contributed by atoms with Crippen molar-refractivity contribution in [2.24, 2.45) is 10.7 Å². The number of pyridine rings is 1. The minimum absolute atomic E-state index is 0.00178. The molecule has 0 spiro atoms. The second-order valence-electron chi connectivity index (χ2n) is 8.76. The topological polar surface area (TPSA) is 160 Å². The average molecular weight is 553 g/mol. The Morgan fingerprint density at radius 1 is 1.33 bits per heavy atom. The molecule has 0 fully saturated rings. The quantitative estimate of drug-likeness (QED) is 0.256. The predicted molar refractivity (Wildman–Crippen MR) is 144 cm³/mol. The van der Waals surface area contributed by atoms with Crippen molar-refractivity contribution in [3.8, 4) is 17.0 Å². The number of methoxy groups -OCH3 is 1. The maximum atomic E-state index is 14.1. The van der Waals surface area contributed by atoms with Gasteiger partial charge in [-0.3, -0.25) is 14.6 Å². The third-order valence-electron chi connectivity index (χ3n) is 5.99. The first-order chi connectivity index (χ1) is 18.7. The molecule has 1 atom stereocenters. The SMILES string of the molecule is CCC[C@@H](NC(=O)CN1Cc2ncc(-c3nc(N=C(N)C=N)ncc3Cl)cc2C1=O)c1cc(F)cc(OC)c1. The number of carbonyl (C=O) groups is 2. The van der Waals surface area contributed by atoms with Crippen molar-refractivity contribution in [2.75, 3.05) is 13.7 Å². The van der Waals surface area contributed by atoms with E-state index < -0.39 is 11.9 Å². The number of amides is 2. The van der Waals surface area contributed by atoms with Crippen LogP contribution in [0.4, 0.5) is 10.3 Å². The number of amidine groups is 1. The van der Waals surface area contributed by atoms with Crippen LogP contribution in [-0.4, -0.2) is 57.4 Å². The van der Waals surface area contributed by atoms with Crippen molar-refractivity contribution in [2.45, 2.75) is 32.4 Å². The molecule has 0 radical (unpaired) electrons. The predicted octanol–water partition coefficient (Wildman–Crippen LogP) is 3.59. The van der Waals surface area contributed by atoms with E-state index in [1.165, 1.54) is 36.5 Å². The molecule has 4 N–H and O–H groups in total. The largest absolute Gasteiger partial charge is 0.497 e. The summed E-state index contributed by atoms with van der Waals surface area (Å²) >= 11 is 6.28. The Morgan fingerprint density at radius 2 is 2.13 bits per heavy atom. The lowest BCUT2D eigenvalue weighted by atomic mass is 10.0. The van der Waals surface area contributed by atoms with Gasteiger partial charge in [-0.05, 0) is 30.2 Å². The summed E-state index contributed by atoms with van der Waals surface area (Å²) in [5.41, 5.74) is 7.70. The highest BCUT2D eigenvalue weighted by atomic mass is 35.5. The number of fused-ring (bicyclic) bond motifs is 1. The van der Waals surface area contributed by atoms with Crippen molar-refractivity contribution in [1.29, 1.82) is 5.41 Å². The van der Waals surface area contributed by atoms with E-state index in [1.807, 2.05) is 6.92 Å². The molecule has 1 aliphatic rings. The highest BCUT2D eigenvalue weighted by molar-refractivity contribution is 6.33. The molecule has 0 unspecified atom stereocenters. The number of benzene rings is 1. The fourth-order valence-electron chi connectivity index (χ4n) is 4.17. The highest BCUT2D eigenvalue weighted by Gasteiger charge is 2.31. The van der Waals surface area contributed by atoms with Crippen LogP contribution in [0.2, 0.25) is 5.02 Å². The van der Waals surface area contributed by atoms with E-state index >= 15 is 0 Å². The Morgan fingerprint density at radius 3 is 2.85 bits per heavy atom. The van der Waals surface area contributed by atoms with Crippen molar-refractivity contribution in [3.05, 3.63) is 64.3 Å². The Bertz CT molecular complexity index is 1470. The van der Waals surface area contributed by atoms with E-state index in [9.17, 15) is 14.0 Å². The van der Waals surface area contributed by atoms with Gasteiger partial charge in [-0.15, -0.1) is 0 Å². The number of aromatic nitrogens is 3. The van der Waals surface area contributed by atoms with Crippen LogP contribution in [0.15, 0.2) is 41.7 Å². The molecule has 2 aromatic heterocycles. The minimum atomic E-state index is -0.465. The summed E-state index contributed by atoms with van der Waals surface area (Å²) in [5.74, 6) is -0.954. The Labute approximate surface area is 228 Å². The van der Waals surface area contributed by atoms with Gasteiger partial charge in [0, 0.05) is 17.8 Å².